The van der Waals surface area contributed by atoms with Crippen molar-refractivity contribution in [1.29, 1.82) is 0 Å². The Morgan fingerprint density at radius 3 is 0.986 bits per heavy atom. The van der Waals surface area contributed by atoms with Crippen molar-refractivity contribution in [1.82, 2.24) is 42.7 Å². The number of hydrogen-bond acceptors (Lipinski definition) is 6. The van der Waals surface area contributed by atoms with E-state index in [1.807, 2.05) is 49.2 Å². The molecule has 0 bridgehead atoms. The first-order valence-electron chi connectivity index (χ1n) is 47.1. The second-order valence-corrected chi connectivity index (χ2v) is 38.0. The van der Waals surface area contributed by atoms with E-state index in [4.69, 9.17) is 14.2 Å². The molecule has 0 fully saturated rings. The molecule has 9 aliphatic rings. The Morgan fingerprint density at radius 1 is 0.261 bits per heavy atom. The lowest BCUT2D eigenvalue weighted by molar-refractivity contribution is -0.993. The predicted molar refractivity (Wildman–Crippen MR) is 530 cm³/mol. The fourth-order valence-electron chi connectivity index (χ4n) is 26.0. The summed E-state index contributed by atoms with van der Waals surface area (Å²) in [5, 5.41) is 7.42. The number of ether oxygens (including phenoxy) is 3. The summed E-state index contributed by atoms with van der Waals surface area (Å²) in [4.78, 5) is 13.2. The number of rotatable bonds is 6. The van der Waals surface area contributed by atoms with Crippen LogP contribution in [0.5, 0.6) is 34.5 Å². The van der Waals surface area contributed by atoms with Gasteiger partial charge in [0.25, 0.3) is 17.5 Å². The van der Waals surface area contributed by atoms with Crippen LogP contribution < -0.4 is 42.0 Å². The van der Waals surface area contributed by atoms with Crippen LogP contribution in [0.15, 0.2) is 384 Å². The number of aromatic nitrogens is 15. The van der Waals surface area contributed by atoms with Gasteiger partial charge in [-0.25, -0.2) is 0 Å². The second kappa shape index (κ2) is 26.7. The van der Waals surface area contributed by atoms with Crippen LogP contribution in [0.3, 0.4) is 0 Å². The highest BCUT2D eigenvalue weighted by Crippen LogP contribution is 2.61. The first-order valence-corrected chi connectivity index (χ1v) is 47.1. The van der Waals surface area contributed by atoms with Crippen LogP contribution in [-0.2, 0) is 17.0 Å². The molecule has 18 heteroatoms. The molecule has 18 nitrogen and oxygen atoms in total. The summed E-state index contributed by atoms with van der Waals surface area (Å²) >= 11 is 0. The smallest absolute Gasteiger partial charge is 0.397 e. The summed E-state index contributed by atoms with van der Waals surface area (Å²) in [6.07, 6.45) is 30.0. The van der Waals surface area contributed by atoms with E-state index in [0.717, 1.165) is 108 Å². The van der Waals surface area contributed by atoms with Crippen molar-refractivity contribution in [3.05, 3.63) is 451 Å². The number of hydrogen-bond donors (Lipinski definition) is 0. The molecule has 138 heavy (non-hydrogen) atoms. The molecule has 0 saturated heterocycles. The molecule has 0 aliphatic carbocycles. The van der Waals surface area contributed by atoms with E-state index in [0.29, 0.717) is 0 Å². The number of benzene rings is 12. The standard InChI is InChI=1S/3C40H27N5O/c1-24-20-26(30-11-5-7-18-41-30)21-25(2)36(24)27-22-43-32-13-9-14-33-37(32)40(44(43)23-27)38-34(46-33)17-16-29-28-10-3-4-12-31(28)45(39(29)38)35-15-6-8-19-42(35)40;1-24-19-27(26-9-8-17-41-21-26)20-25(2)36(24)28-22-43-32-12-7-13-33-37(32)40(44(43)23-28)38-34(46-33)16-15-30-29-10-3-4-11-31(29)45(39(30)38)35-14-5-6-18-42(35)40;1-24-20-27(26-15-17-41-18-16-26)21-25(2)36(24)28-22-43-32-10-7-11-33-37(32)40(44(43)23-28)38-34(46-33)14-13-30-29-8-3-4-9-31(29)45(39(30)38)35-12-5-6-19-42(35)40/h3*3-23H,1-2H3/q3*+2. The summed E-state index contributed by atoms with van der Waals surface area (Å²) in [5.74, 6) is 8.71. The van der Waals surface area contributed by atoms with E-state index in [1.54, 1.807) is 0 Å². The van der Waals surface area contributed by atoms with Crippen molar-refractivity contribution in [2.24, 2.45) is 0 Å². The fraction of sp³-hybridized carbons (Fsp3) is 0.0750. The molecule has 21 heterocycles. The maximum atomic E-state index is 6.79. The van der Waals surface area contributed by atoms with Crippen molar-refractivity contribution < 1.29 is 42.0 Å². The molecule has 3 spiro atoms. The topological polar surface area (TPSA) is 119 Å². The molecule has 24 aromatic rings. The first-order chi connectivity index (χ1) is 67.9. The van der Waals surface area contributed by atoms with E-state index < -0.39 is 17.0 Å². The molecule has 0 N–H and O–H groups in total. The zero-order valence-electron chi connectivity index (χ0n) is 75.8. The number of pyridine rings is 6. The van der Waals surface area contributed by atoms with Crippen molar-refractivity contribution in [2.75, 3.05) is 0 Å². The Hall–Kier alpha value is -18.0. The van der Waals surface area contributed by atoms with E-state index in [2.05, 4.69) is 447 Å². The Bertz CT molecular complexity index is 8750. The van der Waals surface area contributed by atoms with Gasteiger partial charge in [0, 0.05) is 92.6 Å². The summed E-state index contributed by atoms with van der Waals surface area (Å²) < 4.78 is 49.3. The molecule has 3 atom stereocenters. The quantitative estimate of drug-likeness (QED) is 0.153. The van der Waals surface area contributed by atoms with Crippen LogP contribution in [0.25, 0.3) is 167 Å². The zero-order valence-corrected chi connectivity index (χ0v) is 75.8. The van der Waals surface area contributed by atoms with Gasteiger partial charge in [0.05, 0.1) is 59.6 Å². The number of aryl methyl sites for hydroxylation is 6. The third-order valence-electron chi connectivity index (χ3n) is 30.8. The van der Waals surface area contributed by atoms with Gasteiger partial charge in [-0.05, 0) is 278 Å². The molecule has 33 rings (SSSR count). The zero-order chi connectivity index (χ0) is 90.9. The minimum Gasteiger partial charge on any atom is -0.456 e. The highest BCUT2D eigenvalue weighted by molar-refractivity contribution is 6.14. The van der Waals surface area contributed by atoms with Crippen molar-refractivity contribution in [3.63, 3.8) is 0 Å². The normalized spacial score (nSPS) is 16.3. The highest BCUT2D eigenvalue weighted by Gasteiger charge is 2.72. The highest BCUT2D eigenvalue weighted by atomic mass is 16.5. The van der Waals surface area contributed by atoms with E-state index in [1.165, 1.54) is 160 Å². The van der Waals surface area contributed by atoms with Gasteiger partial charge in [-0.15, -0.1) is 14.0 Å². The van der Waals surface area contributed by atoms with Crippen LogP contribution in [0, 0.1) is 41.5 Å². The Labute approximate surface area is 790 Å². The third kappa shape index (κ3) is 9.28. The molecule has 12 aromatic carbocycles. The van der Waals surface area contributed by atoms with E-state index >= 15 is 0 Å². The van der Waals surface area contributed by atoms with Gasteiger partial charge in [-0.3, -0.25) is 15.0 Å². The Balaban J connectivity index is 0.0000000959. The van der Waals surface area contributed by atoms with Crippen LogP contribution >= 0.6 is 0 Å². The van der Waals surface area contributed by atoms with Gasteiger partial charge in [-0.2, -0.15) is 27.4 Å². The predicted octanol–water partition coefficient (Wildman–Crippen LogP) is 22.6. The summed E-state index contributed by atoms with van der Waals surface area (Å²) in [6.45, 7) is 13.3. The summed E-state index contributed by atoms with van der Waals surface area (Å²) in [5.41, 5.74) is 37.0. The molecule has 648 valence electrons. The summed E-state index contributed by atoms with van der Waals surface area (Å²) in [6, 6.07) is 106. The average Bonchev–Trinajstić information content (AvgIpc) is 1.49. The molecule has 0 radical (unpaired) electrons. The molecule has 12 aromatic heterocycles. The van der Waals surface area contributed by atoms with Gasteiger partial charge in [0.2, 0.25) is 18.6 Å². The lowest BCUT2D eigenvalue weighted by Crippen LogP contribution is -2.76. The van der Waals surface area contributed by atoms with Crippen molar-refractivity contribution in [2.45, 2.75) is 58.5 Å². The number of para-hydroxylation sites is 3. The number of fused-ring (bicyclic) bond motifs is 21. The Morgan fingerprint density at radius 2 is 0.616 bits per heavy atom. The third-order valence-corrected chi connectivity index (χ3v) is 30.8. The van der Waals surface area contributed by atoms with Crippen LogP contribution in [0.2, 0.25) is 0 Å². The fourth-order valence-corrected chi connectivity index (χ4v) is 26.0. The Kier molecular flexibility index (Phi) is 14.6. The molecule has 0 amide bonds. The summed E-state index contributed by atoms with van der Waals surface area (Å²) in [7, 11) is 0. The maximum Gasteiger partial charge on any atom is 0.397 e. The van der Waals surface area contributed by atoms with Gasteiger partial charge >= 0.3 is 17.0 Å². The minimum atomic E-state index is -0.687. The van der Waals surface area contributed by atoms with Gasteiger partial charge in [0.15, 0.2) is 33.2 Å². The van der Waals surface area contributed by atoms with Gasteiger partial charge < -0.3 is 14.2 Å². The van der Waals surface area contributed by atoms with Gasteiger partial charge in [-0.1, -0.05) is 123 Å². The lowest BCUT2D eigenvalue weighted by atomic mass is 9.84. The SMILES string of the molecule is Cc1cc(-c2ccccn2)cc(C)c1-c1cn2[n+](c1)C13c4c(cccc4-2)Oc2ccc4c5ccccc5n(c4c21)-c1cccc[n+]13.Cc1cc(-c2cccnc2)cc(C)c1-c1cn2[n+](c1)C13c4c(cccc4-2)Oc2ccc4c5ccccc5n(c4c21)-c1cccc[n+]13.Cc1cc(-c2ccncc2)cc(C)c1-c1cn2[n+](c1)C13c4c(cccc4-2)Oc2ccc4c5ccccc5n(c4c21)-c1cccc[n+]13. The molecular weight excluding hydrogens is 1700 g/mol. The minimum absolute atomic E-state index is 0.684. The lowest BCUT2D eigenvalue weighted by Gasteiger charge is -2.32. The van der Waals surface area contributed by atoms with Crippen LogP contribution in [-0.4, -0.2) is 42.7 Å². The first kappa shape index (κ1) is 75.5. The van der Waals surface area contributed by atoms with Crippen molar-refractivity contribution in [3.8, 4) is 136 Å². The molecule has 0 saturated carbocycles. The largest absolute Gasteiger partial charge is 0.456 e. The van der Waals surface area contributed by atoms with Crippen molar-refractivity contribution >= 4 is 65.4 Å². The van der Waals surface area contributed by atoms with E-state index in [9.17, 15) is 0 Å². The maximum absolute atomic E-state index is 6.79. The van der Waals surface area contributed by atoms with Crippen LogP contribution in [0.1, 0.15) is 66.8 Å². The van der Waals surface area contributed by atoms with Crippen LogP contribution in [0.4, 0.5) is 0 Å². The van der Waals surface area contributed by atoms with E-state index in [-0.39, 0.29) is 0 Å². The molecular formula is C120H81N15O3+6. The monoisotopic (exact) mass is 1780 g/mol. The van der Waals surface area contributed by atoms with Gasteiger partial charge in [0.1, 0.15) is 84.8 Å². The number of nitrogens with zero attached hydrogens (tertiary/aromatic N) is 15. The average molecular weight is 1780 g/mol. The second-order valence-electron chi connectivity index (χ2n) is 38.0. The molecule has 9 aliphatic heterocycles. The molecule has 3 unspecified atom stereocenters.